The third-order valence-corrected chi connectivity index (χ3v) is 4.57. The van der Waals surface area contributed by atoms with Crippen LogP contribution in [0.1, 0.15) is 32.6 Å². The average molecular weight is 249 g/mol. The van der Waals surface area contributed by atoms with Crippen LogP contribution in [0.3, 0.4) is 0 Å². The number of nitrogens with two attached hydrogens (primary N) is 1. The van der Waals surface area contributed by atoms with E-state index in [-0.39, 0.29) is 0 Å². The molecule has 1 rings (SSSR count). The van der Waals surface area contributed by atoms with Crippen molar-refractivity contribution in [3.05, 3.63) is 0 Å². The van der Waals surface area contributed by atoms with Crippen LogP contribution in [0, 0.1) is 5.92 Å². The summed E-state index contributed by atoms with van der Waals surface area (Å²) in [5, 5.41) is 0. The second-order valence-corrected chi connectivity index (χ2v) is 6.62. The van der Waals surface area contributed by atoms with Gasteiger partial charge in [0.05, 0.1) is 6.26 Å². The summed E-state index contributed by atoms with van der Waals surface area (Å²) in [5.74, 6) is 5.87. The molecule has 2 unspecified atom stereocenters. The van der Waals surface area contributed by atoms with Crippen LogP contribution in [0.2, 0.25) is 0 Å². The van der Waals surface area contributed by atoms with Crippen molar-refractivity contribution in [1.29, 1.82) is 0 Å². The van der Waals surface area contributed by atoms with E-state index in [0.29, 0.717) is 25.0 Å². The number of sulfonamides is 1. The Labute approximate surface area is 98.4 Å². The number of nitrogens with one attached hydrogen (secondary N) is 1. The molecule has 0 aromatic carbocycles. The minimum absolute atomic E-state index is 0.296. The summed E-state index contributed by atoms with van der Waals surface area (Å²) >= 11 is 0. The van der Waals surface area contributed by atoms with Gasteiger partial charge in [-0.25, -0.2) is 12.7 Å². The van der Waals surface area contributed by atoms with E-state index in [4.69, 9.17) is 5.84 Å². The van der Waals surface area contributed by atoms with Gasteiger partial charge < -0.3 is 0 Å². The van der Waals surface area contributed by atoms with Crippen molar-refractivity contribution in [3.8, 4) is 0 Å². The molecule has 1 heterocycles. The highest BCUT2D eigenvalue weighted by atomic mass is 32.2. The summed E-state index contributed by atoms with van der Waals surface area (Å²) < 4.78 is 24.5. The molecule has 0 aliphatic carbocycles. The van der Waals surface area contributed by atoms with Gasteiger partial charge in [-0.15, -0.1) is 0 Å². The molecule has 0 saturated carbocycles. The summed E-state index contributed by atoms with van der Waals surface area (Å²) in [5.41, 5.74) is 2.78. The van der Waals surface area contributed by atoms with Crippen molar-refractivity contribution in [1.82, 2.24) is 9.73 Å². The second kappa shape index (κ2) is 5.95. The molecule has 1 fully saturated rings. The van der Waals surface area contributed by atoms with Gasteiger partial charge in [-0.3, -0.25) is 11.3 Å². The number of hydrogen-bond donors (Lipinski definition) is 2. The lowest BCUT2D eigenvalue weighted by Crippen LogP contribution is -2.43. The highest BCUT2D eigenvalue weighted by Gasteiger charge is 2.26. The largest absolute Gasteiger partial charge is 0.271 e. The predicted octanol–water partition coefficient (Wildman–Crippen LogP) is 0.290. The normalized spacial score (nSPS) is 25.6. The quantitative estimate of drug-likeness (QED) is 0.542. The van der Waals surface area contributed by atoms with Crippen molar-refractivity contribution in [2.45, 2.75) is 38.6 Å². The fourth-order valence-electron chi connectivity index (χ4n) is 2.28. The number of hydrazine groups is 1. The van der Waals surface area contributed by atoms with Gasteiger partial charge >= 0.3 is 0 Å². The fraction of sp³-hybridized carbons (Fsp3) is 1.00. The highest BCUT2D eigenvalue weighted by molar-refractivity contribution is 7.88. The van der Waals surface area contributed by atoms with E-state index in [1.54, 1.807) is 4.31 Å². The van der Waals surface area contributed by atoms with Crippen LogP contribution in [-0.2, 0) is 10.0 Å². The van der Waals surface area contributed by atoms with Gasteiger partial charge in [-0.05, 0) is 31.6 Å². The lowest BCUT2D eigenvalue weighted by atomic mass is 9.92. The molecule has 0 amide bonds. The smallest absolute Gasteiger partial charge is 0.211 e. The molecular formula is C10H23N3O2S. The van der Waals surface area contributed by atoms with Gasteiger partial charge in [0.1, 0.15) is 0 Å². The maximum Gasteiger partial charge on any atom is 0.211 e. The molecule has 0 aromatic heterocycles. The molecule has 16 heavy (non-hydrogen) atoms. The third kappa shape index (κ3) is 4.01. The van der Waals surface area contributed by atoms with E-state index in [0.717, 1.165) is 25.7 Å². The molecule has 0 bridgehead atoms. The van der Waals surface area contributed by atoms with E-state index in [1.807, 2.05) is 0 Å². The van der Waals surface area contributed by atoms with Gasteiger partial charge in [0, 0.05) is 19.1 Å². The average Bonchev–Trinajstić information content (AvgIpc) is 2.25. The summed E-state index contributed by atoms with van der Waals surface area (Å²) in [7, 11) is -3.03. The van der Waals surface area contributed by atoms with Crippen LogP contribution in [0.4, 0.5) is 0 Å². The molecule has 5 nitrogen and oxygen atoms in total. The van der Waals surface area contributed by atoms with Crippen molar-refractivity contribution in [2.75, 3.05) is 19.3 Å². The zero-order valence-corrected chi connectivity index (χ0v) is 11.0. The van der Waals surface area contributed by atoms with Crippen molar-refractivity contribution in [2.24, 2.45) is 11.8 Å². The standard InChI is InChI=1S/C10H23N3O2S/c1-3-10(12-11)7-9-5-4-6-13(8-9)16(2,14)15/h9-10,12H,3-8,11H2,1-2H3. The Balaban J connectivity index is 2.51. The number of nitrogens with zero attached hydrogens (tertiary/aromatic N) is 1. The van der Waals surface area contributed by atoms with E-state index in [9.17, 15) is 8.42 Å². The van der Waals surface area contributed by atoms with Gasteiger partial charge in [-0.2, -0.15) is 0 Å². The molecule has 0 aromatic rings. The highest BCUT2D eigenvalue weighted by Crippen LogP contribution is 2.23. The van der Waals surface area contributed by atoms with Gasteiger partial charge in [0.25, 0.3) is 0 Å². The van der Waals surface area contributed by atoms with E-state index in [2.05, 4.69) is 12.3 Å². The predicted molar refractivity (Wildman–Crippen MR) is 65.2 cm³/mol. The summed E-state index contributed by atoms with van der Waals surface area (Å²) in [4.78, 5) is 0. The first-order chi connectivity index (χ1) is 7.47. The Bertz CT molecular complexity index is 301. The van der Waals surface area contributed by atoms with Crippen LogP contribution in [-0.4, -0.2) is 38.1 Å². The third-order valence-electron chi connectivity index (χ3n) is 3.30. The molecule has 2 atom stereocenters. The van der Waals surface area contributed by atoms with Crippen LogP contribution in [0.15, 0.2) is 0 Å². The van der Waals surface area contributed by atoms with Gasteiger partial charge in [0.15, 0.2) is 0 Å². The number of rotatable bonds is 5. The van der Waals surface area contributed by atoms with Crippen LogP contribution in [0.5, 0.6) is 0 Å². The zero-order valence-electron chi connectivity index (χ0n) is 10.1. The monoisotopic (exact) mass is 249 g/mol. The maximum absolute atomic E-state index is 11.4. The van der Waals surface area contributed by atoms with E-state index < -0.39 is 10.0 Å². The minimum Gasteiger partial charge on any atom is -0.271 e. The van der Waals surface area contributed by atoms with E-state index >= 15 is 0 Å². The lowest BCUT2D eigenvalue weighted by Gasteiger charge is -2.32. The first-order valence-corrected chi connectivity index (χ1v) is 7.73. The molecule has 0 spiro atoms. The Kier molecular flexibility index (Phi) is 5.17. The molecule has 3 N–H and O–H groups in total. The molecule has 1 aliphatic rings. The molecule has 96 valence electrons. The first-order valence-electron chi connectivity index (χ1n) is 5.88. The SMILES string of the molecule is CCC(CC1CCCN(S(C)(=O)=O)C1)NN. The fourth-order valence-corrected chi connectivity index (χ4v) is 3.22. The second-order valence-electron chi connectivity index (χ2n) is 4.64. The van der Waals surface area contributed by atoms with Gasteiger partial charge in [-0.1, -0.05) is 6.92 Å². The minimum atomic E-state index is -3.03. The molecule has 0 radical (unpaired) electrons. The van der Waals surface area contributed by atoms with Crippen LogP contribution in [0.25, 0.3) is 0 Å². The lowest BCUT2D eigenvalue weighted by molar-refractivity contribution is 0.236. The molecule has 1 aliphatic heterocycles. The molecule has 1 saturated heterocycles. The van der Waals surface area contributed by atoms with E-state index in [1.165, 1.54) is 6.26 Å². The van der Waals surface area contributed by atoms with Crippen LogP contribution >= 0.6 is 0 Å². The number of hydrogen-bond acceptors (Lipinski definition) is 4. The summed E-state index contributed by atoms with van der Waals surface area (Å²) in [6, 6.07) is 0.296. The number of piperidine rings is 1. The Morgan fingerprint density at radius 3 is 2.75 bits per heavy atom. The van der Waals surface area contributed by atoms with Crippen LogP contribution < -0.4 is 11.3 Å². The Morgan fingerprint density at radius 1 is 1.56 bits per heavy atom. The van der Waals surface area contributed by atoms with Crippen molar-refractivity contribution < 1.29 is 8.42 Å². The maximum atomic E-state index is 11.4. The Morgan fingerprint density at radius 2 is 2.25 bits per heavy atom. The molecular weight excluding hydrogens is 226 g/mol. The Hall–Kier alpha value is -0.170. The van der Waals surface area contributed by atoms with Gasteiger partial charge in [0.2, 0.25) is 10.0 Å². The molecule has 6 heteroatoms. The van der Waals surface area contributed by atoms with Crippen molar-refractivity contribution >= 4 is 10.0 Å². The topological polar surface area (TPSA) is 75.4 Å². The first kappa shape index (κ1) is 13.9. The summed E-state index contributed by atoms with van der Waals surface area (Å²) in [6.07, 6.45) is 5.28. The summed E-state index contributed by atoms with van der Waals surface area (Å²) in [6.45, 7) is 3.40. The van der Waals surface area contributed by atoms with Crippen molar-refractivity contribution in [3.63, 3.8) is 0 Å². The zero-order chi connectivity index (χ0) is 12.2.